The molecule has 1 unspecified atom stereocenters. The molecule has 2 amide bonds. The van der Waals surface area contributed by atoms with Gasteiger partial charge in [-0.2, -0.15) is 5.10 Å². The molecule has 0 aliphatic carbocycles. The summed E-state index contributed by atoms with van der Waals surface area (Å²) in [6.07, 6.45) is -0.181. The van der Waals surface area contributed by atoms with Gasteiger partial charge in [0.2, 0.25) is 5.91 Å². The minimum absolute atomic E-state index is 0.0637. The quantitative estimate of drug-likeness (QED) is 0.631. The Morgan fingerprint density at radius 1 is 1.19 bits per heavy atom. The van der Waals surface area contributed by atoms with E-state index in [1.54, 1.807) is 32.4 Å². The van der Waals surface area contributed by atoms with Crippen LogP contribution >= 0.6 is 0 Å². The molecule has 4 rings (SSSR count). The fourth-order valence-corrected chi connectivity index (χ4v) is 3.66. The molecule has 0 saturated heterocycles. The molecule has 0 spiro atoms. The number of amides is 2. The van der Waals surface area contributed by atoms with E-state index in [4.69, 9.17) is 9.47 Å². The summed E-state index contributed by atoms with van der Waals surface area (Å²) >= 11 is 0. The highest BCUT2D eigenvalue weighted by Crippen LogP contribution is 2.41. The zero-order chi connectivity index (χ0) is 22.1. The van der Waals surface area contributed by atoms with Crippen LogP contribution in [-0.2, 0) is 9.59 Å². The van der Waals surface area contributed by atoms with Crippen LogP contribution in [0.25, 0.3) is 11.1 Å². The lowest BCUT2D eigenvalue weighted by Crippen LogP contribution is -2.24. The van der Waals surface area contributed by atoms with Gasteiger partial charge in [0, 0.05) is 5.56 Å². The van der Waals surface area contributed by atoms with E-state index in [2.05, 4.69) is 15.7 Å². The van der Waals surface area contributed by atoms with Crippen LogP contribution in [0.2, 0.25) is 0 Å². The van der Waals surface area contributed by atoms with E-state index in [0.29, 0.717) is 23.0 Å². The molecule has 2 aromatic carbocycles. The first-order valence-electron chi connectivity index (χ1n) is 9.59. The molecule has 31 heavy (non-hydrogen) atoms. The second-order valence-corrected chi connectivity index (χ2v) is 7.06. The number of para-hydroxylation sites is 1. The molecule has 1 atom stereocenters. The van der Waals surface area contributed by atoms with E-state index in [0.717, 1.165) is 11.1 Å². The highest BCUT2D eigenvalue weighted by Gasteiger charge is 2.36. The van der Waals surface area contributed by atoms with Crippen molar-refractivity contribution in [3.05, 3.63) is 54.0 Å². The highest BCUT2D eigenvalue weighted by molar-refractivity contribution is 6.04. The molecule has 3 aromatic rings. The Hall–Kier alpha value is -3.88. The maximum Gasteiger partial charge on any atom is 0.251 e. The number of ether oxygens (including phenoxy) is 2. The third-order valence-corrected chi connectivity index (χ3v) is 5.12. The zero-order valence-electron chi connectivity index (χ0n) is 17.2. The average Bonchev–Trinajstić information content (AvgIpc) is 3.22. The number of anilines is 2. The van der Waals surface area contributed by atoms with Crippen molar-refractivity contribution >= 4 is 23.3 Å². The topological polar surface area (TPSA) is 94.5 Å². The zero-order valence-corrected chi connectivity index (χ0v) is 17.2. The predicted octanol–water partition coefficient (Wildman–Crippen LogP) is 3.54. The number of fused-ring (bicyclic) bond motifs is 1. The summed E-state index contributed by atoms with van der Waals surface area (Å²) < 4.78 is 26.0. The number of rotatable bonds is 6. The molecule has 8 nitrogen and oxygen atoms in total. The van der Waals surface area contributed by atoms with Crippen molar-refractivity contribution in [3.8, 4) is 22.6 Å². The van der Waals surface area contributed by atoms with Crippen molar-refractivity contribution in [1.29, 1.82) is 0 Å². The minimum Gasteiger partial charge on any atom is -0.493 e. The summed E-state index contributed by atoms with van der Waals surface area (Å²) in [4.78, 5) is 25.1. The van der Waals surface area contributed by atoms with Gasteiger partial charge in [0.15, 0.2) is 11.5 Å². The van der Waals surface area contributed by atoms with Crippen LogP contribution in [0.3, 0.4) is 0 Å². The second kappa shape index (κ2) is 8.10. The molecular formula is C22H21FN4O4. The van der Waals surface area contributed by atoms with Crippen LogP contribution in [0.1, 0.15) is 18.2 Å². The van der Waals surface area contributed by atoms with Crippen molar-refractivity contribution < 1.29 is 23.5 Å². The molecule has 0 radical (unpaired) electrons. The molecule has 2 heterocycles. The average molecular weight is 424 g/mol. The van der Waals surface area contributed by atoms with Crippen LogP contribution in [0, 0.1) is 12.7 Å². The Kier molecular flexibility index (Phi) is 5.33. The van der Waals surface area contributed by atoms with E-state index in [1.165, 1.54) is 22.9 Å². The number of carbonyl (C=O) groups is 2. The molecule has 0 bridgehead atoms. The van der Waals surface area contributed by atoms with Crippen LogP contribution in [0.5, 0.6) is 11.5 Å². The predicted molar refractivity (Wildman–Crippen MR) is 113 cm³/mol. The molecule has 1 aromatic heterocycles. The Morgan fingerprint density at radius 3 is 2.65 bits per heavy atom. The molecule has 0 saturated carbocycles. The normalized spacial score (nSPS) is 14.7. The first-order valence-corrected chi connectivity index (χ1v) is 9.59. The second-order valence-electron chi connectivity index (χ2n) is 7.06. The van der Waals surface area contributed by atoms with Gasteiger partial charge in [0.1, 0.15) is 17.7 Å². The molecule has 0 fully saturated rings. The number of hydrogen-bond acceptors (Lipinski definition) is 5. The van der Waals surface area contributed by atoms with E-state index >= 15 is 0 Å². The summed E-state index contributed by atoms with van der Waals surface area (Å²) in [6.45, 7) is 1.82. The molecule has 1 aliphatic heterocycles. The van der Waals surface area contributed by atoms with Crippen molar-refractivity contribution in [2.24, 2.45) is 0 Å². The number of halogens is 1. The highest BCUT2D eigenvalue weighted by atomic mass is 19.1. The third-order valence-electron chi connectivity index (χ3n) is 5.12. The van der Waals surface area contributed by atoms with Gasteiger partial charge >= 0.3 is 0 Å². The van der Waals surface area contributed by atoms with Crippen LogP contribution in [-0.4, -0.2) is 35.8 Å². The first kappa shape index (κ1) is 20.4. The Bertz CT molecular complexity index is 1170. The SMILES string of the molecule is COc1ccc(-c2c(C)nn3c2NC(=O)C3CC(=O)Nc2ccccc2F)cc1OC. The number of carbonyl (C=O) groups excluding carboxylic acids is 2. The number of nitrogens with zero attached hydrogens (tertiary/aromatic N) is 2. The number of methoxy groups -OCH3 is 2. The van der Waals surface area contributed by atoms with Crippen molar-refractivity contribution in [1.82, 2.24) is 9.78 Å². The lowest BCUT2D eigenvalue weighted by molar-refractivity contribution is -0.123. The van der Waals surface area contributed by atoms with E-state index in [-0.39, 0.29) is 18.0 Å². The summed E-state index contributed by atoms with van der Waals surface area (Å²) in [7, 11) is 3.10. The molecule has 160 valence electrons. The number of aryl methyl sites for hydroxylation is 1. The van der Waals surface area contributed by atoms with Crippen molar-refractivity contribution in [2.45, 2.75) is 19.4 Å². The fraction of sp³-hybridized carbons (Fsp3) is 0.227. The Labute approximate surface area is 178 Å². The molecular weight excluding hydrogens is 403 g/mol. The standard InChI is InChI=1S/C22H21FN4O4/c1-12-20(13-8-9-17(30-2)18(10-13)31-3)21-25-22(29)16(27(21)26-12)11-19(28)24-15-7-5-4-6-14(15)23/h4-10,16H,11H2,1-3H3,(H,24,28)(H,25,29). The summed E-state index contributed by atoms with van der Waals surface area (Å²) in [5.41, 5.74) is 2.26. The van der Waals surface area contributed by atoms with Gasteiger partial charge in [-0.3, -0.25) is 9.59 Å². The lowest BCUT2D eigenvalue weighted by Gasteiger charge is -2.10. The lowest BCUT2D eigenvalue weighted by atomic mass is 10.1. The number of hydrogen-bond donors (Lipinski definition) is 2. The van der Waals surface area contributed by atoms with Crippen LogP contribution in [0.4, 0.5) is 15.9 Å². The number of benzene rings is 2. The maximum atomic E-state index is 13.8. The van der Waals surface area contributed by atoms with E-state index in [1.807, 2.05) is 13.0 Å². The minimum atomic E-state index is -0.839. The number of nitrogens with one attached hydrogen (secondary N) is 2. The molecule has 9 heteroatoms. The first-order chi connectivity index (χ1) is 14.9. The summed E-state index contributed by atoms with van der Waals surface area (Å²) in [6, 6.07) is 10.4. The van der Waals surface area contributed by atoms with Gasteiger partial charge in [0.25, 0.3) is 5.91 Å². The van der Waals surface area contributed by atoms with Crippen molar-refractivity contribution in [2.75, 3.05) is 24.9 Å². The van der Waals surface area contributed by atoms with E-state index < -0.39 is 17.8 Å². The van der Waals surface area contributed by atoms with Gasteiger partial charge in [-0.15, -0.1) is 0 Å². The number of aromatic nitrogens is 2. The third kappa shape index (κ3) is 3.70. The van der Waals surface area contributed by atoms with Gasteiger partial charge in [0.05, 0.1) is 32.0 Å². The smallest absolute Gasteiger partial charge is 0.251 e. The monoisotopic (exact) mass is 424 g/mol. The molecule has 2 N–H and O–H groups in total. The van der Waals surface area contributed by atoms with Crippen molar-refractivity contribution in [3.63, 3.8) is 0 Å². The van der Waals surface area contributed by atoms with Crippen LogP contribution in [0.15, 0.2) is 42.5 Å². The molecule has 1 aliphatic rings. The van der Waals surface area contributed by atoms with Gasteiger partial charge in [-0.25, -0.2) is 9.07 Å². The fourth-order valence-electron chi connectivity index (χ4n) is 3.66. The Balaban J connectivity index is 1.62. The summed E-state index contributed by atoms with van der Waals surface area (Å²) in [5, 5.41) is 9.80. The van der Waals surface area contributed by atoms with Gasteiger partial charge in [-0.05, 0) is 36.8 Å². The largest absolute Gasteiger partial charge is 0.493 e. The maximum absolute atomic E-state index is 13.8. The van der Waals surface area contributed by atoms with E-state index in [9.17, 15) is 14.0 Å². The Morgan fingerprint density at radius 2 is 1.94 bits per heavy atom. The van der Waals surface area contributed by atoms with Gasteiger partial charge < -0.3 is 20.1 Å². The van der Waals surface area contributed by atoms with Gasteiger partial charge in [-0.1, -0.05) is 18.2 Å². The summed E-state index contributed by atoms with van der Waals surface area (Å²) in [5.74, 6) is 0.243. The van der Waals surface area contributed by atoms with Crippen LogP contribution < -0.4 is 20.1 Å².